The van der Waals surface area contributed by atoms with Crippen molar-refractivity contribution < 1.29 is 9.21 Å². The number of benzene rings is 3. The molecule has 0 bridgehead atoms. The normalized spacial score (nSPS) is 11.0. The number of halogens is 1. The van der Waals surface area contributed by atoms with Crippen molar-refractivity contribution in [2.24, 2.45) is 0 Å². The molecule has 5 nitrogen and oxygen atoms in total. The lowest BCUT2D eigenvalue weighted by molar-refractivity contribution is 0.0977. The number of thiocarbonyl (C=S) groups is 1. The standard InChI is InChI=1S/C25H22ClN3O2S/c1-14(2)16-8-10-22-21(12-16)27-24(31-22)18-7-9-19(26)20(13-18)28-25(32)29-23(30)17-6-4-5-15(3)11-17/h4-14H,1-3H3,(H2,28,29,30,32). The molecule has 1 heterocycles. The Labute approximate surface area is 196 Å². The number of carbonyl (C=O) groups excluding carboxylic acids is 1. The number of fused-ring (bicyclic) bond motifs is 1. The van der Waals surface area contributed by atoms with Crippen molar-refractivity contribution in [1.82, 2.24) is 10.3 Å². The number of nitrogens with one attached hydrogen (secondary N) is 2. The molecule has 0 aliphatic heterocycles. The van der Waals surface area contributed by atoms with Crippen molar-refractivity contribution in [3.63, 3.8) is 0 Å². The van der Waals surface area contributed by atoms with E-state index in [-0.39, 0.29) is 11.0 Å². The number of aryl methyl sites for hydroxylation is 1. The lowest BCUT2D eigenvalue weighted by Gasteiger charge is -2.12. The maximum absolute atomic E-state index is 12.4. The summed E-state index contributed by atoms with van der Waals surface area (Å²) in [5, 5.41) is 6.28. The first-order valence-electron chi connectivity index (χ1n) is 10.2. The van der Waals surface area contributed by atoms with E-state index in [1.165, 1.54) is 5.56 Å². The Hall–Kier alpha value is -3.22. The van der Waals surface area contributed by atoms with E-state index in [4.69, 9.17) is 28.2 Å². The molecule has 32 heavy (non-hydrogen) atoms. The van der Waals surface area contributed by atoms with Gasteiger partial charge < -0.3 is 9.73 Å². The summed E-state index contributed by atoms with van der Waals surface area (Å²) in [7, 11) is 0. The van der Waals surface area contributed by atoms with Gasteiger partial charge in [0, 0.05) is 11.1 Å². The summed E-state index contributed by atoms with van der Waals surface area (Å²) in [6.45, 7) is 6.20. The molecular weight excluding hydrogens is 442 g/mol. The van der Waals surface area contributed by atoms with E-state index in [0.29, 0.717) is 28.1 Å². The quantitative estimate of drug-likeness (QED) is 0.329. The fourth-order valence-electron chi connectivity index (χ4n) is 3.30. The fourth-order valence-corrected chi connectivity index (χ4v) is 3.66. The summed E-state index contributed by atoms with van der Waals surface area (Å²) in [5.41, 5.74) is 5.53. The summed E-state index contributed by atoms with van der Waals surface area (Å²) < 4.78 is 5.94. The van der Waals surface area contributed by atoms with E-state index in [0.717, 1.165) is 22.2 Å². The number of hydrogen-bond acceptors (Lipinski definition) is 4. The Balaban J connectivity index is 1.54. The van der Waals surface area contributed by atoms with Crippen LogP contribution in [0.4, 0.5) is 5.69 Å². The van der Waals surface area contributed by atoms with Crippen LogP contribution in [0.3, 0.4) is 0 Å². The Morgan fingerprint density at radius 1 is 1.09 bits per heavy atom. The van der Waals surface area contributed by atoms with Crippen molar-refractivity contribution in [1.29, 1.82) is 0 Å². The minimum Gasteiger partial charge on any atom is -0.436 e. The zero-order valence-electron chi connectivity index (χ0n) is 17.9. The first-order valence-corrected chi connectivity index (χ1v) is 11.0. The monoisotopic (exact) mass is 463 g/mol. The van der Waals surface area contributed by atoms with Gasteiger partial charge in [-0.1, -0.05) is 49.2 Å². The third-order valence-corrected chi connectivity index (χ3v) is 5.58. The highest BCUT2D eigenvalue weighted by Crippen LogP contribution is 2.31. The molecule has 7 heteroatoms. The molecule has 1 aromatic heterocycles. The van der Waals surface area contributed by atoms with E-state index >= 15 is 0 Å². The molecule has 0 atom stereocenters. The first-order chi connectivity index (χ1) is 15.3. The number of amides is 1. The minimum absolute atomic E-state index is 0.148. The van der Waals surface area contributed by atoms with Crippen molar-refractivity contribution in [3.05, 3.63) is 82.4 Å². The number of rotatable bonds is 4. The van der Waals surface area contributed by atoms with E-state index in [9.17, 15) is 4.79 Å². The molecular formula is C25H22ClN3O2S. The number of anilines is 1. The van der Waals surface area contributed by atoms with E-state index in [1.54, 1.807) is 24.3 Å². The van der Waals surface area contributed by atoms with Crippen LogP contribution < -0.4 is 10.6 Å². The average molecular weight is 464 g/mol. The zero-order chi connectivity index (χ0) is 22.8. The Bertz CT molecular complexity index is 1330. The molecule has 4 aromatic rings. The summed E-state index contributed by atoms with van der Waals surface area (Å²) >= 11 is 11.7. The van der Waals surface area contributed by atoms with Crippen LogP contribution in [0.2, 0.25) is 5.02 Å². The number of nitrogens with zero attached hydrogens (tertiary/aromatic N) is 1. The van der Waals surface area contributed by atoms with Crippen LogP contribution in [0, 0.1) is 6.92 Å². The van der Waals surface area contributed by atoms with Gasteiger partial charge in [-0.3, -0.25) is 10.1 Å². The van der Waals surface area contributed by atoms with Crippen LogP contribution in [0.5, 0.6) is 0 Å². The topological polar surface area (TPSA) is 67.2 Å². The predicted molar refractivity (Wildman–Crippen MR) is 133 cm³/mol. The summed E-state index contributed by atoms with van der Waals surface area (Å²) in [6.07, 6.45) is 0. The van der Waals surface area contributed by atoms with Crippen LogP contribution >= 0.6 is 23.8 Å². The van der Waals surface area contributed by atoms with Gasteiger partial charge in [-0.2, -0.15) is 0 Å². The molecule has 1 amide bonds. The van der Waals surface area contributed by atoms with Crippen molar-refractivity contribution in [3.8, 4) is 11.5 Å². The van der Waals surface area contributed by atoms with Gasteiger partial charge >= 0.3 is 0 Å². The van der Waals surface area contributed by atoms with Gasteiger partial charge in [0.05, 0.1) is 10.7 Å². The van der Waals surface area contributed by atoms with Gasteiger partial charge in [0.2, 0.25) is 5.89 Å². The number of oxazole rings is 1. The lowest BCUT2D eigenvalue weighted by Crippen LogP contribution is -2.34. The largest absolute Gasteiger partial charge is 0.436 e. The number of carbonyl (C=O) groups is 1. The second-order valence-corrected chi connectivity index (χ2v) is 8.69. The minimum atomic E-state index is -0.293. The lowest BCUT2D eigenvalue weighted by atomic mass is 10.0. The highest BCUT2D eigenvalue weighted by atomic mass is 35.5. The highest BCUT2D eigenvalue weighted by Gasteiger charge is 2.14. The molecule has 0 fully saturated rings. The molecule has 0 spiro atoms. The SMILES string of the molecule is Cc1cccc(C(=O)NC(=S)Nc2cc(-c3nc4cc(C(C)C)ccc4o3)ccc2Cl)c1. The average Bonchev–Trinajstić information content (AvgIpc) is 3.18. The molecule has 0 aliphatic carbocycles. The second kappa shape index (κ2) is 9.10. The molecule has 2 N–H and O–H groups in total. The van der Waals surface area contributed by atoms with Gasteiger partial charge in [0.25, 0.3) is 5.91 Å². The van der Waals surface area contributed by atoms with Gasteiger partial charge in [-0.15, -0.1) is 0 Å². The van der Waals surface area contributed by atoms with E-state index < -0.39 is 0 Å². The molecule has 0 radical (unpaired) electrons. The van der Waals surface area contributed by atoms with Gasteiger partial charge in [-0.05, 0) is 73.1 Å². The maximum Gasteiger partial charge on any atom is 0.257 e. The molecule has 0 saturated heterocycles. The summed E-state index contributed by atoms with van der Waals surface area (Å²) in [5.74, 6) is 0.593. The van der Waals surface area contributed by atoms with E-state index in [2.05, 4.69) is 29.5 Å². The fraction of sp³-hybridized carbons (Fsp3) is 0.160. The molecule has 0 saturated carbocycles. The molecule has 0 unspecified atom stereocenters. The predicted octanol–water partition coefficient (Wildman–Crippen LogP) is 6.71. The van der Waals surface area contributed by atoms with E-state index in [1.807, 2.05) is 43.3 Å². The third-order valence-electron chi connectivity index (χ3n) is 5.05. The molecule has 162 valence electrons. The first kappa shape index (κ1) is 22.0. The smallest absolute Gasteiger partial charge is 0.257 e. The summed E-state index contributed by atoms with van der Waals surface area (Å²) in [6, 6.07) is 18.7. The Kier molecular flexibility index (Phi) is 6.26. The summed E-state index contributed by atoms with van der Waals surface area (Å²) in [4.78, 5) is 17.1. The van der Waals surface area contributed by atoms with Gasteiger partial charge in [0.1, 0.15) is 5.52 Å². The number of hydrogen-bond donors (Lipinski definition) is 2. The second-order valence-electron chi connectivity index (χ2n) is 7.87. The van der Waals surface area contributed by atoms with Gasteiger partial charge in [-0.25, -0.2) is 4.98 Å². The van der Waals surface area contributed by atoms with Crippen LogP contribution in [0.1, 0.15) is 41.3 Å². The molecule has 4 rings (SSSR count). The highest BCUT2D eigenvalue weighted by molar-refractivity contribution is 7.80. The van der Waals surface area contributed by atoms with Crippen LogP contribution in [-0.4, -0.2) is 16.0 Å². The van der Waals surface area contributed by atoms with Crippen molar-refractivity contribution in [2.75, 3.05) is 5.32 Å². The van der Waals surface area contributed by atoms with Gasteiger partial charge in [0.15, 0.2) is 10.7 Å². The number of aromatic nitrogens is 1. The maximum atomic E-state index is 12.4. The Morgan fingerprint density at radius 2 is 1.91 bits per heavy atom. The van der Waals surface area contributed by atoms with Crippen LogP contribution in [-0.2, 0) is 0 Å². The zero-order valence-corrected chi connectivity index (χ0v) is 19.5. The molecule has 3 aromatic carbocycles. The van der Waals surface area contributed by atoms with Crippen molar-refractivity contribution in [2.45, 2.75) is 26.7 Å². The van der Waals surface area contributed by atoms with Crippen LogP contribution in [0.25, 0.3) is 22.6 Å². The van der Waals surface area contributed by atoms with Crippen LogP contribution in [0.15, 0.2) is 65.1 Å². The molecule has 0 aliphatic rings. The third kappa shape index (κ3) is 4.82. The Morgan fingerprint density at radius 3 is 2.66 bits per heavy atom. The van der Waals surface area contributed by atoms with Crippen molar-refractivity contribution >= 4 is 51.6 Å².